The first-order chi connectivity index (χ1) is 9.88. The zero-order chi connectivity index (χ0) is 13.8. The minimum atomic E-state index is -0.132. The summed E-state index contributed by atoms with van der Waals surface area (Å²) in [5.41, 5.74) is 9.51. The van der Waals surface area contributed by atoms with Crippen LogP contribution in [-0.2, 0) is 11.2 Å². The number of benzene rings is 1. The van der Waals surface area contributed by atoms with Crippen molar-refractivity contribution in [3.05, 3.63) is 65.5 Å². The van der Waals surface area contributed by atoms with Crippen molar-refractivity contribution in [3.63, 3.8) is 0 Å². The molecular formula is C17H20N2O. The maximum Gasteiger partial charge on any atom is 0.112 e. The predicted octanol–water partition coefficient (Wildman–Crippen LogP) is 3.18. The molecule has 3 rings (SSSR count). The molecule has 1 aromatic carbocycles. The van der Waals surface area contributed by atoms with E-state index in [9.17, 15) is 0 Å². The first-order valence-electron chi connectivity index (χ1n) is 7.22. The van der Waals surface area contributed by atoms with E-state index in [0.29, 0.717) is 6.54 Å². The molecule has 0 saturated carbocycles. The molecule has 0 amide bonds. The summed E-state index contributed by atoms with van der Waals surface area (Å²) in [5.74, 6) is 0. The molecule has 0 radical (unpaired) electrons. The molecule has 3 heteroatoms. The Kier molecular flexibility index (Phi) is 4.09. The number of nitrogens with two attached hydrogens (primary N) is 1. The van der Waals surface area contributed by atoms with Crippen molar-refractivity contribution in [2.75, 3.05) is 6.54 Å². The zero-order valence-electron chi connectivity index (χ0n) is 11.5. The average Bonchev–Trinajstić information content (AvgIpc) is 2.53. The molecule has 0 fully saturated rings. The molecular weight excluding hydrogens is 248 g/mol. The van der Waals surface area contributed by atoms with Crippen molar-refractivity contribution in [2.45, 2.75) is 31.5 Å². The van der Waals surface area contributed by atoms with Crippen molar-refractivity contribution in [1.82, 2.24) is 4.98 Å². The predicted molar refractivity (Wildman–Crippen MR) is 79.2 cm³/mol. The minimum absolute atomic E-state index is 0.132. The summed E-state index contributed by atoms with van der Waals surface area (Å²) in [4.78, 5) is 4.37. The second-order valence-corrected chi connectivity index (χ2v) is 5.19. The van der Waals surface area contributed by atoms with Crippen LogP contribution < -0.4 is 5.73 Å². The molecule has 2 aromatic rings. The molecule has 0 saturated heterocycles. The van der Waals surface area contributed by atoms with E-state index in [1.807, 2.05) is 18.2 Å². The molecule has 0 aliphatic heterocycles. The van der Waals surface area contributed by atoms with Gasteiger partial charge in [0, 0.05) is 12.7 Å². The van der Waals surface area contributed by atoms with Crippen LogP contribution in [0.5, 0.6) is 0 Å². The van der Waals surface area contributed by atoms with E-state index in [2.05, 4.69) is 29.2 Å². The van der Waals surface area contributed by atoms with Crippen LogP contribution in [0.1, 0.15) is 41.9 Å². The lowest BCUT2D eigenvalue weighted by Gasteiger charge is -2.29. The molecule has 1 aromatic heterocycles. The molecule has 2 atom stereocenters. The fourth-order valence-corrected chi connectivity index (χ4v) is 2.86. The number of fused-ring (bicyclic) bond motifs is 1. The number of nitrogens with zero attached hydrogens (tertiary/aromatic N) is 1. The molecule has 1 aliphatic rings. The Bertz CT molecular complexity index is 556. The van der Waals surface area contributed by atoms with Gasteiger partial charge < -0.3 is 10.5 Å². The van der Waals surface area contributed by atoms with E-state index < -0.39 is 0 Å². The number of hydrogen-bond acceptors (Lipinski definition) is 3. The first kappa shape index (κ1) is 13.3. The van der Waals surface area contributed by atoms with Crippen LogP contribution >= 0.6 is 0 Å². The van der Waals surface area contributed by atoms with Gasteiger partial charge in [-0.2, -0.15) is 0 Å². The van der Waals surface area contributed by atoms with Gasteiger partial charge in [0.25, 0.3) is 0 Å². The van der Waals surface area contributed by atoms with Gasteiger partial charge >= 0.3 is 0 Å². The fraction of sp³-hybridized carbons (Fsp3) is 0.353. The van der Waals surface area contributed by atoms with Crippen molar-refractivity contribution < 1.29 is 4.74 Å². The van der Waals surface area contributed by atoms with Gasteiger partial charge in [-0.05, 0) is 42.5 Å². The van der Waals surface area contributed by atoms with E-state index in [1.165, 1.54) is 17.5 Å². The van der Waals surface area contributed by atoms with Gasteiger partial charge in [-0.1, -0.05) is 30.3 Å². The Balaban J connectivity index is 1.81. The molecule has 2 N–H and O–H groups in total. The summed E-state index contributed by atoms with van der Waals surface area (Å²) in [6.07, 6.45) is 5.16. The van der Waals surface area contributed by atoms with Gasteiger partial charge in [-0.15, -0.1) is 0 Å². The Morgan fingerprint density at radius 3 is 2.85 bits per heavy atom. The standard InChI is InChI=1S/C17H20N2O/c18-12-17(15-9-3-4-11-19-15)20-16-10-5-7-13-6-1-2-8-14(13)16/h1-4,6,8-9,11,16-17H,5,7,10,12,18H2. The molecule has 1 aliphatic carbocycles. The zero-order valence-corrected chi connectivity index (χ0v) is 11.5. The third-order valence-electron chi connectivity index (χ3n) is 3.87. The van der Waals surface area contributed by atoms with Gasteiger partial charge in [0.2, 0.25) is 0 Å². The molecule has 2 unspecified atom stereocenters. The van der Waals surface area contributed by atoms with Crippen LogP contribution in [0, 0.1) is 0 Å². The number of aryl methyl sites for hydroxylation is 1. The van der Waals surface area contributed by atoms with E-state index >= 15 is 0 Å². The summed E-state index contributed by atoms with van der Waals surface area (Å²) in [6, 6.07) is 14.4. The monoisotopic (exact) mass is 268 g/mol. The lowest BCUT2D eigenvalue weighted by molar-refractivity contribution is -0.0212. The number of hydrogen-bond donors (Lipinski definition) is 1. The summed E-state index contributed by atoms with van der Waals surface area (Å²) in [6.45, 7) is 0.454. The second kappa shape index (κ2) is 6.16. The molecule has 0 bridgehead atoms. The molecule has 0 spiro atoms. The number of rotatable bonds is 4. The number of aromatic nitrogens is 1. The summed E-state index contributed by atoms with van der Waals surface area (Å²) in [7, 11) is 0. The molecule has 104 valence electrons. The number of pyridine rings is 1. The lowest BCUT2D eigenvalue weighted by atomic mass is 9.89. The second-order valence-electron chi connectivity index (χ2n) is 5.19. The topological polar surface area (TPSA) is 48.1 Å². The highest BCUT2D eigenvalue weighted by Crippen LogP contribution is 2.35. The van der Waals surface area contributed by atoms with E-state index in [4.69, 9.17) is 10.5 Å². The largest absolute Gasteiger partial charge is 0.363 e. The maximum atomic E-state index is 6.27. The van der Waals surface area contributed by atoms with Crippen LogP contribution in [0.4, 0.5) is 0 Å². The normalized spacial score (nSPS) is 19.4. The highest BCUT2D eigenvalue weighted by Gasteiger charge is 2.24. The van der Waals surface area contributed by atoms with Crippen molar-refractivity contribution in [3.8, 4) is 0 Å². The van der Waals surface area contributed by atoms with Crippen LogP contribution in [0.15, 0.2) is 48.7 Å². The highest BCUT2D eigenvalue weighted by molar-refractivity contribution is 5.31. The SMILES string of the molecule is NCC(OC1CCCc2ccccc21)c1ccccn1. The quantitative estimate of drug-likeness (QED) is 0.926. The van der Waals surface area contributed by atoms with Gasteiger partial charge in [-0.25, -0.2) is 0 Å². The van der Waals surface area contributed by atoms with Gasteiger partial charge in [0.15, 0.2) is 0 Å². The Labute approximate surface area is 119 Å². The fourth-order valence-electron chi connectivity index (χ4n) is 2.86. The molecule has 3 nitrogen and oxygen atoms in total. The Morgan fingerprint density at radius 1 is 1.20 bits per heavy atom. The van der Waals surface area contributed by atoms with Gasteiger partial charge in [0.05, 0.1) is 11.8 Å². The van der Waals surface area contributed by atoms with Gasteiger partial charge in [-0.3, -0.25) is 4.98 Å². The Hall–Kier alpha value is -1.71. The van der Waals surface area contributed by atoms with Crippen molar-refractivity contribution >= 4 is 0 Å². The van der Waals surface area contributed by atoms with Gasteiger partial charge in [0.1, 0.15) is 6.10 Å². The van der Waals surface area contributed by atoms with Crippen molar-refractivity contribution in [1.29, 1.82) is 0 Å². The summed E-state index contributed by atoms with van der Waals surface area (Å²) in [5, 5.41) is 0. The van der Waals surface area contributed by atoms with Crippen LogP contribution in [0.25, 0.3) is 0 Å². The number of ether oxygens (including phenoxy) is 1. The highest BCUT2D eigenvalue weighted by atomic mass is 16.5. The average molecular weight is 268 g/mol. The Morgan fingerprint density at radius 2 is 2.05 bits per heavy atom. The van der Waals surface area contributed by atoms with E-state index in [0.717, 1.165) is 18.5 Å². The third kappa shape index (κ3) is 2.74. The van der Waals surface area contributed by atoms with E-state index in [1.54, 1.807) is 6.20 Å². The van der Waals surface area contributed by atoms with Crippen LogP contribution in [0.3, 0.4) is 0 Å². The van der Waals surface area contributed by atoms with Crippen LogP contribution in [-0.4, -0.2) is 11.5 Å². The summed E-state index contributed by atoms with van der Waals surface area (Å²) >= 11 is 0. The molecule has 20 heavy (non-hydrogen) atoms. The smallest absolute Gasteiger partial charge is 0.112 e. The van der Waals surface area contributed by atoms with Crippen LogP contribution in [0.2, 0.25) is 0 Å². The summed E-state index contributed by atoms with van der Waals surface area (Å²) < 4.78 is 6.27. The minimum Gasteiger partial charge on any atom is -0.363 e. The molecule has 1 heterocycles. The first-order valence-corrected chi connectivity index (χ1v) is 7.22. The van der Waals surface area contributed by atoms with Crippen molar-refractivity contribution in [2.24, 2.45) is 5.73 Å². The maximum absolute atomic E-state index is 6.27. The van der Waals surface area contributed by atoms with E-state index in [-0.39, 0.29) is 12.2 Å². The lowest BCUT2D eigenvalue weighted by Crippen LogP contribution is -2.22. The third-order valence-corrected chi connectivity index (χ3v) is 3.87.